The molecule has 0 saturated carbocycles. The van der Waals surface area contributed by atoms with Gasteiger partial charge in [0.2, 0.25) is 0 Å². The van der Waals surface area contributed by atoms with Crippen LogP contribution in [0.4, 0.5) is 26.3 Å². The third kappa shape index (κ3) is 12.9. The smallest absolute Gasteiger partial charge is 0.355 e. The molecule has 0 aliphatic rings. The van der Waals surface area contributed by atoms with E-state index in [4.69, 9.17) is 4.74 Å². The summed E-state index contributed by atoms with van der Waals surface area (Å²) in [7, 11) is 3.83. The van der Waals surface area contributed by atoms with E-state index in [2.05, 4.69) is 61.4 Å². The summed E-state index contributed by atoms with van der Waals surface area (Å²) >= 11 is 2.79. The largest absolute Gasteiger partial charge is 0.491 e. The van der Waals surface area contributed by atoms with Crippen molar-refractivity contribution in [3.8, 4) is 17.6 Å². The number of nitrogens with zero attached hydrogens (tertiary/aromatic N) is 7. The highest BCUT2D eigenvalue weighted by atomic mass is 32.1. The summed E-state index contributed by atoms with van der Waals surface area (Å²) < 4.78 is 21.6. The SMILES string of the molecule is CCN(CC)CCNCC(O)CCCN(c1cc(C)c(Nc2nc3ccccc3s2)nn1)c1nc(C(=O)O)c(CCCOc2ccc(C#CCN(C)C)cc2F)s1. The molecule has 4 N–H and O–H groups in total. The number of aryl methyl sites for hydroxylation is 2. The number of anilines is 4. The highest BCUT2D eigenvalue weighted by molar-refractivity contribution is 7.22. The van der Waals surface area contributed by atoms with E-state index in [1.807, 2.05) is 61.2 Å². The highest BCUT2D eigenvalue weighted by Gasteiger charge is 2.24. The van der Waals surface area contributed by atoms with E-state index >= 15 is 0 Å². The number of carboxylic acids is 1. The van der Waals surface area contributed by atoms with Gasteiger partial charge in [-0.15, -0.1) is 21.5 Å². The molecule has 0 aliphatic heterocycles. The van der Waals surface area contributed by atoms with E-state index in [0.29, 0.717) is 77.7 Å². The van der Waals surface area contributed by atoms with Gasteiger partial charge in [-0.1, -0.05) is 49.2 Å². The maximum Gasteiger partial charge on any atom is 0.355 e. The molecule has 5 aromatic rings. The molecule has 13 nitrogen and oxygen atoms in total. The number of nitrogens with one attached hydrogen (secondary N) is 2. The second kappa shape index (κ2) is 21.7. The summed E-state index contributed by atoms with van der Waals surface area (Å²) in [5, 5.41) is 37.8. The predicted octanol–water partition coefficient (Wildman–Crippen LogP) is 6.57. The van der Waals surface area contributed by atoms with Crippen LogP contribution in [0.5, 0.6) is 5.75 Å². The van der Waals surface area contributed by atoms with Crippen molar-refractivity contribution in [3.63, 3.8) is 0 Å². The summed E-state index contributed by atoms with van der Waals surface area (Å²) in [5.41, 5.74) is 2.21. The standard InChI is InChI=1S/C41H52FN9O4S2/c1-6-50(7-2)23-20-43-27-30(52)14-11-22-51(36-25-28(3)38(48-47-36)46-40-44-32-15-8-9-16-34(32)56-40)41-45-37(39(53)54)35(57-41)17-12-24-55-33-19-18-29(26-31(33)42)13-10-21-49(4)5/h8-9,15-16,18-19,25-26,30,43,52H,6-7,11-12,14,17,20-24,27H2,1-5H3,(H,53,54)(H,44,46,48). The van der Waals surface area contributed by atoms with Crippen LogP contribution in [-0.2, 0) is 6.42 Å². The van der Waals surface area contributed by atoms with Crippen molar-refractivity contribution in [2.45, 2.75) is 52.6 Å². The summed E-state index contributed by atoms with van der Waals surface area (Å²) in [6.07, 6.45) is 1.33. The van der Waals surface area contributed by atoms with Gasteiger partial charge in [0, 0.05) is 36.6 Å². The number of carboxylic acid groups (broad SMARTS) is 1. The maximum absolute atomic E-state index is 14.8. The molecule has 0 saturated heterocycles. The summed E-state index contributed by atoms with van der Waals surface area (Å²) in [6.45, 7) is 11.5. The van der Waals surface area contributed by atoms with Crippen LogP contribution in [0.3, 0.4) is 0 Å². The van der Waals surface area contributed by atoms with Crippen LogP contribution in [-0.4, -0.2) is 119 Å². The average molecular weight is 818 g/mol. The lowest BCUT2D eigenvalue weighted by molar-refractivity contribution is 0.0690. The first kappa shape index (κ1) is 43.4. The fourth-order valence-electron chi connectivity index (χ4n) is 5.90. The van der Waals surface area contributed by atoms with Gasteiger partial charge in [0.15, 0.2) is 39.2 Å². The zero-order valence-electron chi connectivity index (χ0n) is 33.2. The Kier molecular flexibility index (Phi) is 16.5. The first-order valence-electron chi connectivity index (χ1n) is 19.2. The van der Waals surface area contributed by atoms with Gasteiger partial charge in [-0.3, -0.25) is 4.90 Å². The minimum atomic E-state index is -1.14. The van der Waals surface area contributed by atoms with Gasteiger partial charge in [-0.2, -0.15) is 0 Å². The Balaban J connectivity index is 1.28. The van der Waals surface area contributed by atoms with Gasteiger partial charge in [0.1, 0.15) is 0 Å². The van der Waals surface area contributed by atoms with E-state index in [1.165, 1.54) is 28.7 Å². The Morgan fingerprint density at radius 2 is 1.84 bits per heavy atom. The zero-order valence-corrected chi connectivity index (χ0v) is 34.9. The van der Waals surface area contributed by atoms with E-state index in [1.54, 1.807) is 12.1 Å². The van der Waals surface area contributed by atoms with Gasteiger partial charge in [-0.25, -0.2) is 19.2 Å². The van der Waals surface area contributed by atoms with Crippen molar-refractivity contribution in [1.82, 2.24) is 35.3 Å². The Labute approximate surface area is 341 Å². The van der Waals surface area contributed by atoms with Crippen molar-refractivity contribution in [2.24, 2.45) is 0 Å². The number of carbonyl (C=O) groups is 1. The minimum absolute atomic E-state index is 0.0527. The molecule has 0 bridgehead atoms. The molecule has 0 radical (unpaired) electrons. The number of fused-ring (bicyclic) bond motifs is 1. The molecule has 1 atom stereocenters. The molecule has 304 valence electrons. The van der Waals surface area contributed by atoms with Gasteiger partial charge >= 0.3 is 5.97 Å². The van der Waals surface area contributed by atoms with E-state index in [-0.39, 0.29) is 18.1 Å². The van der Waals surface area contributed by atoms with Crippen LogP contribution in [0.1, 0.15) is 59.6 Å². The van der Waals surface area contributed by atoms with Crippen LogP contribution in [0.25, 0.3) is 10.2 Å². The van der Waals surface area contributed by atoms with E-state index < -0.39 is 17.9 Å². The number of para-hydroxylation sites is 1. The summed E-state index contributed by atoms with van der Waals surface area (Å²) in [6, 6.07) is 14.4. The lowest BCUT2D eigenvalue weighted by Crippen LogP contribution is -2.35. The maximum atomic E-state index is 14.8. The topological polar surface area (TPSA) is 152 Å². The van der Waals surface area contributed by atoms with E-state index in [9.17, 15) is 19.4 Å². The molecule has 0 spiro atoms. The highest BCUT2D eigenvalue weighted by Crippen LogP contribution is 2.34. The normalized spacial score (nSPS) is 11.9. The lowest BCUT2D eigenvalue weighted by Gasteiger charge is -2.22. The second-order valence-corrected chi connectivity index (χ2v) is 15.8. The number of benzene rings is 2. The molecule has 5 rings (SSSR count). The van der Waals surface area contributed by atoms with Gasteiger partial charge in [0.25, 0.3) is 0 Å². The monoisotopic (exact) mass is 817 g/mol. The molecule has 57 heavy (non-hydrogen) atoms. The number of aromatic nitrogens is 4. The number of aliphatic hydroxyl groups excluding tert-OH is 1. The Hall–Kier alpha value is -4.76. The number of hydrogen-bond donors (Lipinski definition) is 4. The molecule has 0 amide bonds. The minimum Gasteiger partial charge on any atom is -0.491 e. The fourth-order valence-corrected chi connectivity index (χ4v) is 7.89. The predicted molar refractivity (Wildman–Crippen MR) is 227 cm³/mol. The first-order chi connectivity index (χ1) is 27.5. The first-order valence-corrected chi connectivity index (χ1v) is 20.8. The quantitative estimate of drug-likeness (QED) is 0.0441. The van der Waals surface area contributed by atoms with Crippen LogP contribution < -0.4 is 20.3 Å². The van der Waals surface area contributed by atoms with Crippen LogP contribution in [0, 0.1) is 24.6 Å². The average Bonchev–Trinajstić information content (AvgIpc) is 3.81. The second-order valence-electron chi connectivity index (χ2n) is 13.7. The van der Waals surface area contributed by atoms with Gasteiger partial charge < -0.3 is 35.4 Å². The van der Waals surface area contributed by atoms with Crippen molar-refractivity contribution in [2.75, 3.05) is 76.7 Å². The molecule has 1 unspecified atom stereocenters. The number of likely N-dealkylation sites (N-methyl/N-ethyl adjacent to an activating group) is 1. The van der Waals surface area contributed by atoms with Crippen molar-refractivity contribution in [1.29, 1.82) is 0 Å². The molecule has 2 aromatic carbocycles. The number of aromatic carboxylic acids is 1. The molecular formula is C41H52FN9O4S2. The van der Waals surface area contributed by atoms with Crippen LogP contribution in [0.2, 0.25) is 0 Å². The third-order valence-electron chi connectivity index (χ3n) is 9.05. The molecular weight excluding hydrogens is 766 g/mol. The molecule has 0 fully saturated rings. The van der Waals surface area contributed by atoms with Crippen LogP contribution >= 0.6 is 22.7 Å². The number of rotatable bonds is 22. The molecule has 0 aliphatic carbocycles. The Morgan fingerprint density at radius 1 is 1.04 bits per heavy atom. The Morgan fingerprint density at radius 3 is 2.56 bits per heavy atom. The van der Waals surface area contributed by atoms with Crippen molar-refractivity contribution >= 4 is 60.8 Å². The van der Waals surface area contributed by atoms with Crippen LogP contribution in [0.15, 0.2) is 48.5 Å². The summed E-state index contributed by atoms with van der Waals surface area (Å²) in [5.74, 6) is 5.45. The van der Waals surface area contributed by atoms with Gasteiger partial charge in [0.05, 0.1) is 29.5 Å². The number of halogens is 1. The van der Waals surface area contributed by atoms with Crippen molar-refractivity contribution in [3.05, 3.63) is 76.0 Å². The third-order valence-corrected chi connectivity index (χ3v) is 11.1. The Bertz CT molecular complexity index is 2100. The number of ether oxygens (including phenoxy) is 1. The van der Waals surface area contributed by atoms with Crippen molar-refractivity contribution < 1.29 is 24.1 Å². The zero-order chi connectivity index (χ0) is 40.7. The van der Waals surface area contributed by atoms with E-state index in [0.717, 1.165) is 42.0 Å². The number of hydrogen-bond acceptors (Lipinski definition) is 14. The molecule has 3 heterocycles. The molecule has 3 aromatic heterocycles. The molecule has 16 heteroatoms. The summed E-state index contributed by atoms with van der Waals surface area (Å²) in [4.78, 5) is 28.3. The number of thiazole rings is 2. The fraction of sp³-hybridized carbons (Fsp3) is 0.439. The van der Waals surface area contributed by atoms with Gasteiger partial charge in [-0.05, 0) is 102 Å². The lowest BCUT2D eigenvalue weighted by atomic mass is 10.2. The number of aliphatic hydroxyl groups is 1.